The van der Waals surface area contributed by atoms with Crippen LogP contribution in [0.2, 0.25) is 0 Å². The van der Waals surface area contributed by atoms with E-state index in [9.17, 15) is 0 Å². The van der Waals surface area contributed by atoms with Gasteiger partial charge in [0.2, 0.25) is 0 Å². The van der Waals surface area contributed by atoms with Gasteiger partial charge in [-0.25, -0.2) is 0 Å². The highest BCUT2D eigenvalue weighted by atomic mass is 14.5. The normalized spacial score (nSPS) is 12.5. The molecule has 0 fully saturated rings. The van der Waals surface area contributed by atoms with Crippen molar-refractivity contribution in [3.63, 3.8) is 0 Å². The number of hydrogen-bond acceptors (Lipinski definition) is 0. The van der Waals surface area contributed by atoms with Crippen LogP contribution in [0, 0.1) is 0 Å². The summed E-state index contributed by atoms with van der Waals surface area (Å²) in [7, 11) is 0. The first-order valence-electron chi connectivity index (χ1n) is 12.8. The molecule has 1 aliphatic rings. The van der Waals surface area contributed by atoms with Crippen molar-refractivity contribution in [1.82, 2.24) is 0 Å². The quantitative estimate of drug-likeness (QED) is 0.378. The summed E-state index contributed by atoms with van der Waals surface area (Å²) in [5, 5.41) is 0. The molecular formula is C33H46. The lowest BCUT2D eigenvalue weighted by molar-refractivity contribution is 0.761. The zero-order valence-electron chi connectivity index (χ0n) is 22.7. The Bertz CT molecular complexity index is 904. The van der Waals surface area contributed by atoms with Crippen LogP contribution in [-0.4, -0.2) is 0 Å². The maximum absolute atomic E-state index is 2.29. The first kappa shape index (κ1) is 30.1. The van der Waals surface area contributed by atoms with E-state index in [0.29, 0.717) is 0 Å². The van der Waals surface area contributed by atoms with Gasteiger partial charge >= 0.3 is 0 Å². The first-order chi connectivity index (χ1) is 16.3. The van der Waals surface area contributed by atoms with Gasteiger partial charge in [0, 0.05) is 0 Å². The maximum Gasteiger partial charge on any atom is 0.0710 e. The molecule has 33 heavy (non-hydrogen) atoms. The Balaban J connectivity index is 0.00000116. The van der Waals surface area contributed by atoms with Gasteiger partial charge in [0.1, 0.15) is 0 Å². The van der Waals surface area contributed by atoms with Crippen LogP contribution in [-0.2, 0) is 5.41 Å². The molecule has 0 unspecified atom stereocenters. The standard InChI is InChI=1S/C25H22.4C2H6/c1-3-12-23-19(2)22-17-10-11-18-24(22)25(23,20-13-6-4-7-14-20)21-15-8-5-9-16-21;4*1-2/h3-18H,1-2H3;4*1-2H3/b12-3-;;;;. The summed E-state index contributed by atoms with van der Waals surface area (Å²) in [6, 6.07) is 30.6. The Labute approximate surface area is 205 Å². The molecule has 4 rings (SSSR count). The van der Waals surface area contributed by atoms with Crippen molar-refractivity contribution in [2.45, 2.75) is 74.7 Å². The lowest BCUT2D eigenvalue weighted by Gasteiger charge is -2.34. The number of allylic oxidation sites excluding steroid dienone is 4. The molecule has 0 spiro atoms. The van der Waals surface area contributed by atoms with Crippen molar-refractivity contribution in [2.24, 2.45) is 0 Å². The number of fused-ring (bicyclic) bond motifs is 1. The van der Waals surface area contributed by atoms with Crippen molar-refractivity contribution in [3.8, 4) is 0 Å². The molecule has 3 aromatic rings. The SMILES string of the molecule is C/C=C\C1=C(C)c2ccccc2C1(c1ccccc1)c1ccccc1.CC.CC.CC.CC. The maximum atomic E-state index is 2.29. The predicted molar refractivity (Wildman–Crippen MR) is 152 cm³/mol. The molecule has 0 atom stereocenters. The summed E-state index contributed by atoms with van der Waals surface area (Å²) < 4.78 is 0. The van der Waals surface area contributed by atoms with E-state index in [-0.39, 0.29) is 5.41 Å². The van der Waals surface area contributed by atoms with E-state index in [1.807, 2.05) is 55.4 Å². The zero-order valence-corrected chi connectivity index (χ0v) is 22.7. The van der Waals surface area contributed by atoms with Crippen LogP contribution in [0.4, 0.5) is 0 Å². The highest BCUT2D eigenvalue weighted by Gasteiger charge is 2.45. The average Bonchev–Trinajstić information content (AvgIpc) is 3.19. The molecule has 0 bridgehead atoms. The smallest absolute Gasteiger partial charge is 0.0710 e. The molecule has 0 amide bonds. The van der Waals surface area contributed by atoms with Gasteiger partial charge in [-0.1, -0.05) is 152 Å². The van der Waals surface area contributed by atoms with E-state index in [4.69, 9.17) is 0 Å². The first-order valence-corrected chi connectivity index (χ1v) is 12.8. The molecule has 0 saturated heterocycles. The lowest BCUT2D eigenvalue weighted by atomic mass is 9.67. The summed E-state index contributed by atoms with van der Waals surface area (Å²) in [6.07, 6.45) is 4.45. The highest BCUT2D eigenvalue weighted by Crippen LogP contribution is 2.54. The Morgan fingerprint density at radius 3 is 1.36 bits per heavy atom. The summed E-state index contributed by atoms with van der Waals surface area (Å²) in [5.41, 5.74) is 7.84. The largest absolute Gasteiger partial charge is 0.0873 e. The van der Waals surface area contributed by atoms with Crippen molar-refractivity contribution in [1.29, 1.82) is 0 Å². The van der Waals surface area contributed by atoms with Crippen LogP contribution in [0.25, 0.3) is 5.57 Å². The molecular weight excluding hydrogens is 396 g/mol. The molecule has 3 aromatic carbocycles. The Kier molecular flexibility index (Phi) is 15.3. The van der Waals surface area contributed by atoms with Gasteiger partial charge in [-0.2, -0.15) is 0 Å². The second kappa shape index (κ2) is 16.7. The summed E-state index contributed by atoms with van der Waals surface area (Å²) >= 11 is 0. The van der Waals surface area contributed by atoms with E-state index < -0.39 is 0 Å². The minimum atomic E-state index is -0.254. The third-order valence-corrected chi connectivity index (χ3v) is 5.29. The monoisotopic (exact) mass is 442 g/mol. The topological polar surface area (TPSA) is 0 Å². The molecule has 0 aromatic heterocycles. The van der Waals surface area contributed by atoms with Gasteiger partial charge in [-0.3, -0.25) is 0 Å². The molecule has 0 N–H and O–H groups in total. The molecule has 0 nitrogen and oxygen atoms in total. The predicted octanol–water partition coefficient (Wildman–Crippen LogP) is 10.5. The Hall–Kier alpha value is -2.86. The van der Waals surface area contributed by atoms with Gasteiger partial charge in [0.25, 0.3) is 0 Å². The molecule has 1 aliphatic carbocycles. The van der Waals surface area contributed by atoms with Crippen LogP contribution >= 0.6 is 0 Å². The molecule has 0 radical (unpaired) electrons. The second-order valence-electron chi connectivity index (χ2n) is 6.57. The summed E-state index contributed by atoms with van der Waals surface area (Å²) in [5.74, 6) is 0. The zero-order chi connectivity index (χ0) is 25.3. The van der Waals surface area contributed by atoms with Gasteiger partial charge < -0.3 is 0 Å². The number of hydrogen-bond donors (Lipinski definition) is 0. The van der Waals surface area contributed by atoms with E-state index in [0.717, 1.165) is 0 Å². The van der Waals surface area contributed by atoms with E-state index in [2.05, 4.69) is 111 Å². The van der Waals surface area contributed by atoms with E-state index in [1.54, 1.807) is 0 Å². The van der Waals surface area contributed by atoms with Crippen molar-refractivity contribution < 1.29 is 0 Å². The van der Waals surface area contributed by atoms with Crippen molar-refractivity contribution in [3.05, 3.63) is 125 Å². The number of benzene rings is 3. The fraction of sp³-hybridized carbons (Fsp3) is 0.333. The highest BCUT2D eigenvalue weighted by molar-refractivity contribution is 5.86. The van der Waals surface area contributed by atoms with Crippen LogP contribution in [0.15, 0.2) is 103 Å². The van der Waals surface area contributed by atoms with Gasteiger partial charge in [0.05, 0.1) is 5.41 Å². The van der Waals surface area contributed by atoms with Gasteiger partial charge in [-0.05, 0) is 47.2 Å². The molecule has 0 heteroatoms. The molecule has 178 valence electrons. The van der Waals surface area contributed by atoms with Crippen LogP contribution in [0.3, 0.4) is 0 Å². The Morgan fingerprint density at radius 1 is 0.545 bits per heavy atom. The fourth-order valence-electron chi connectivity index (χ4n) is 4.29. The molecule has 0 aliphatic heterocycles. The van der Waals surface area contributed by atoms with Crippen molar-refractivity contribution >= 4 is 5.57 Å². The third kappa shape index (κ3) is 6.14. The fourth-order valence-corrected chi connectivity index (χ4v) is 4.29. The molecule has 0 saturated carbocycles. The summed E-state index contributed by atoms with van der Waals surface area (Å²) in [6.45, 7) is 20.4. The number of rotatable bonds is 3. The van der Waals surface area contributed by atoms with Crippen molar-refractivity contribution in [2.75, 3.05) is 0 Å². The second-order valence-corrected chi connectivity index (χ2v) is 6.57. The Morgan fingerprint density at radius 2 is 0.939 bits per heavy atom. The van der Waals surface area contributed by atoms with E-state index >= 15 is 0 Å². The van der Waals surface area contributed by atoms with Gasteiger partial charge in [-0.15, -0.1) is 0 Å². The van der Waals surface area contributed by atoms with E-state index in [1.165, 1.54) is 33.4 Å². The van der Waals surface area contributed by atoms with Gasteiger partial charge in [0.15, 0.2) is 0 Å². The third-order valence-electron chi connectivity index (χ3n) is 5.29. The molecule has 0 heterocycles. The minimum Gasteiger partial charge on any atom is -0.0873 e. The average molecular weight is 443 g/mol. The lowest BCUT2D eigenvalue weighted by Crippen LogP contribution is -2.29. The van der Waals surface area contributed by atoms with Crippen LogP contribution < -0.4 is 0 Å². The van der Waals surface area contributed by atoms with Crippen LogP contribution in [0.5, 0.6) is 0 Å². The summed E-state index contributed by atoms with van der Waals surface area (Å²) in [4.78, 5) is 0. The minimum absolute atomic E-state index is 0.254. The van der Waals surface area contributed by atoms with Crippen LogP contribution in [0.1, 0.15) is 91.5 Å².